The van der Waals surface area contributed by atoms with Crippen LogP contribution in [-0.4, -0.2) is 44.2 Å². The zero-order chi connectivity index (χ0) is 23.3. The minimum absolute atomic E-state index is 0.125. The van der Waals surface area contributed by atoms with Gasteiger partial charge in [0, 0.05) is 43.5 Å². The van der Waals surface area contributed by atoms with Gasteiger partial charge in [-0.05, 0) is 67.3 Å². The molecule has 2 fully saturated rings. The maximum Gasteiger partial charge on any atom is 0.248 e. The van der Waals surface area contributed by atoms with Crippen molar-refractivity contribution < 1.29 is 18.0 Å². The number of nitrogens with zero attached hydrogens (tertiary/aromatic N) is 2. The van der Waals surface area contributed by atoms with E-state index < -0.39 is 10.0 Å². The van der Waals surface area contributed by atoms with Crippen molar-refractivity contribution in [3.63, 3.8) is 0 Å². The summed E-state index contributed by atoms with van der Waals surface area (Å²) in [5, 5.41) is 2.79. The minimum Gasteiger partial charge on any atom is -0.323 e. The Morgan fingerprint density at radius 3 is 2.12 bits per heavy atom. The summed E-state index contributed by atoms with van der Waals surface area (Å²) in [6.45, 7) is 1.87. The topological polar surface area (TPSA) is 86.8 Å². The van der Waals surface area contributed by atoms with Gasteiger partial charge >= 0.3 is 0 Å². The maximum atomic E-state index is 12.9. The summed E-state index contributed by atoms with van der Waals surface area (Å²) in [5.74, 6) is -0.166. The molecule has 7 nitrogen and oxygen atoms in total. The second kappa shape index (κ2) is 10.3. The third-order valence-corrected chi connectivity index (χ3v) is 7.94. The van der Waals surface area contributed by atoms with E-state index in [1.807, 2.05) is 12.1 Å². The van der Waals surface area contributed by atoms with Crippen LogP contribution in [0.15, 0.2) is 59.5 Å². The first-order valence-electron chi connectivity index (χ1n) is 11.4. The second-order valence-corrected chi connectivity index (χ2v) is 10.3. The Hall–Kier alpha value is -2.97. The van der Waals surface area contributed by atoms with Crippen molar-refractivity contribution in [2.45, 2.75) is 43.4 Å². The first kappa shape index (κ1) is 23.2. The Bertz CT molecular complexity index is 1120. The van der Waals surface area contributed by atoms with E-state index in [-0.39, 0.29) is 16.7 Å². The fourth-order valence-electron chi connectivity index (χ4n) is 4.18. The molecule has 2 aliphatic heterocycles. The highest BCUT2D eigenvalue weighted by molar-refractivity contribution is 7.89. The van der Waals surface area contributed by atoms with Crippen molar-refractivity contribution in [2.24, 2.45) is 0 Å². The van der Waals surface area contributed by atoms with Gasteiger partial charge in [-0.1, -0.05) is 25.0 Å². The number of carbonyl (C=O) groups excluding carboxylic acids is 2. The van der Waals surface area contributed by atoms with Gasteiger partial charge in [-0.15, -0.1) is 0 Å². The predicted octanol–water partition coefficient (Wildman–Crippen LogP) is 4.03. The van der Waals surface area contributed by atoms with Gasteiger partial charge in [-0.2, -0.15) is 4.31 Å². The smallest absolute Gasteiger partial charge is 0.248 e. The number of anilines is 2. The van der Waals surface area contributed by atoms with Crippen LogP contribution in [0.3, 0.4) is 0 Å². The maximum absolute atomic E-state index is 12.9. The zero-order valence-electron chi connectivity index (χ0n) is 18.6. The first-order chi connectivity index (χ1) is 15.9. The molecule has 0 unspecified atom stereocenters. The molecule has 174 valence electrons. The van der Waals surface area contributed by atoms with Crippen molar-refractivity contribution in [3.8, 4) is 0 Å². The first-order valence-corrected chi connectivity index (χ1v) is 12.9. The third-order valence-electron chi connectivity index (χ3n) is 6.03. The summed E-state index contributed by atoms with van der Waals surface area (Å²) in [6.07, 6.45) is 8.44. The SMILES string of the molecule is O=C(/C=C/c1ccc(S(=O)(=O)N2CCCCCC2)cc1)Nc1ccc(N2CCCC2=O)cc1. The molecule has 2 aromatic carbocycles. The molecule has 0 radical (unpaired) electrons. The monoisotopic (exact) mass is 467 g/mol. The van der Waals surface area contributed by atoms with Crippen molar-refractivity contribution in [2.75, 3.05) is 29.9 Å². The molecule has 0 bridgehead atoms. The van der Waals surface area contributed by atoms with Crippen LogP contribution >= 0.6 is 0 Å². The van der Waals surface area contributed by atoms with Crippen LogP contribution in [-0.2, 0) is 19.6 Å². The standard InChI is InChI=1S/C25H29N3O4S/c29-24(26-21-10-12-22(13-11-21)28-19-5-6-25(28)30)16-9-20-7-14-23(15-8-20)33(31,32)27-17-3-1-2-4-18-27/h7-16H,1-6,17-19H2,(H,26,29)/b16-9+. The average Bonchev–Trinajstić information content (AvgIpc) is 3.06. The van der Waals surface area contributed by atoms with Gasteiger partial charge in [-0.3, -0.25) is 9.59 Å². The molecule has 2 heterocycles. The number of sulfonamides is 1. The van der Waals surface area contributed by atoms with Crippen LogP contribution in [0.25, 0.3) is 6.08 Å². The molecule has 2 aliphatic rings. The van der Waals surface area contributed by atoms with Gasteiger partial charge in [0.15, 0.2) is 0 Å². The number of hydrogen-bond donors (Lipinski definition) is 1. The molecular formula is C25H29N3O4S. The number of benzene rings is 2. The Morgan fingerprint density at radius 1 is 0.848 bits per heavy atom. The highest BCUT2D eigenvalue weighted by Crippen LogP contribution is 2.23. The summed E-state index contributed by atoms with van der Waals surface area (Å²) in [7, 11) is -3.48. The number of hydrogen-bond acceptors (Lipinski definition) is 4. The largest absolute Gasteiger partial charge is 0.323 e. The molecule has 2 amide bonds. The van der Waals surface area contributed by atoms with Crippen molar-refractivity contribution >= 4 is 39.3 Å². The molecule has 8 heteroatoms. The molecule has 0 spiro atoms. The van der Waals surface area contributed by atoms with E-state index in [4.69, 9.17) is 0 Å². The fourth-order valence-corrected chi connectivity index (χ4v) is 5.70. The quantitative estimate of drug-likeness (QED) is 0.650. The normalized spacial score (nSPS) is 17.9. The highest BCUT2D eigenvalue weighted by atomic mass is 32.2. The summed E-state index contributed by atoms with van der Waals surface area (Å²) >= 11 is 0. The fraction of sp³-hybridized carbons (Fsp3) is 0.360. The van der Waals surface area contributed by atoms with E-state index in [9.17, 15) is 18.0 Å². The van der Waals surface area contributed by atoms with E-state index in [1.54, 1.807) is 51.7 Å². The lowest BCUT2D eigenvalue weighted by molar-refractivity contribution is -0.117. The molecule has 0 atom stereocenters. The summed E-state index contributed by atoms with van der Waals surface area (Å²) < 4.78 is 27.3. The van der Waals surface area contributed by atoms with Gasteiger partial charge in [0.05, 0.1) is 4.90 Å². The molecule has 1 N–H and O–H groups in total. The molecule has 2 aromatic rings. The Labute approximate surface area is 195 Å². The molecular weight excluding hydrogens is 438 g/mol. The molecule has 33 heavy (non-hydrogen) atoms. The van der Waals surface area contributed by atoms with Crippen LogP contribution in [0.5, 0.6) is 0 Å². The zero-order valence-corrected chi connectivity index (χ0v) is 19.4. The van der Waals surface area contributed by atoms with Gasteiger partial charge in [0.2, 0.25) is 21.8 Å². The third kappa shape index (κ3) is 5.69. The van der Waals surface area contributed by atoms with Gasteiger partial charge < -0.3 is 10.2 Å². The molecule has 0 aromatic heterocycles. The van der Waals surface area contributed by atoms with Crippen LogP contribution in [0.2, 0.25) is 0 Å². The van der Waals surface area contributed by atoms with Gasteiger partial charge in [0.1, 0.15) is 0 Å². The number of nitrogens with one attached hydrogen (secondary N) is 1. The lowest BCUT2D eigenvalue weighted by Gasteiger charge is -2.19. The van der Waals surface area contributed by atoms with E-state index in [1.165, 1.54) is 6.08 Å². The number of rotatable bonds is 6. The lowest BCUT2D eigenvalue weighted by Crippen LogP contribution is -2.31. The Morgan fingerprint density at radius 2 is 1.52 bits per heavy atom. The van der Waals surface area contributed by atoms with E-state index >= 15 is 0 Å². The Kier molecular flexibility index (Phi) is 7.25. The second-order valence-electron chi connectivity index (χ2n) is 8.41. The summed E-state index contributed by atoms with van der Waals surface area (Å²) in [4.78, 5) is 26.2. The summed E-state index contributed by atoms with van der Waals surface area (Å²) in [6, 6.07) is 13.8. The molecule has 4 rings (SSSR count). The van der Waals surface area contributed by atoms with Crippen molar-refractivity contribution in [3.05, 3.63) is 60.2 Å². The predicted molar refractivity (Wildman–Crippen MR) is 129 cm³/mol. The Balaban J connectivity index is 1.35. The van der Waals surface area contributed by atoms with E-state index in [2.05, 4.69) is 5.32 Å². The highest BCUT2D eigenvalue weighted by Gasteiger charge is 2.25. The van der Waals surface area contributed by atoms with Crippen LogP contribution in [0.4, 0.5) is 11.4 Å². The van der Waals surface area contributed by atoms with Crippen molar-refractivity contribution in [1.29, 1.82) is 0 Å². The molecule has 0 saturated carbocycles. The summed E-state index contributed by atoms with van der Waals surface area (Å²) in [5.41, 5.74) is 2.21. The molecule has 0 aliphatic carbocycles. The van der Waals surface area contributed by atoms with Crippen LogP contribution in [0, 0.1) is 0 Å². The van der Waals surface area contributed by atoms with Crippen LogP contribution < -0.4 is 10.2 Å². The van der Waals surface area contributed by atoms with Crippen LogP contribution in [0.1, 0.15) is 44.1 Å². The van der Waals surface area contributed by atoms with E-state index in [0.29, 0.717) is 25.2 Å². The van der Waals surface area contributed by atoms with E-state index in [0.717, 1.165) is 49.9 Å². The lowest BCUT2D eigenvalue weighted by atomic mass is 10.2. The van der Waals surface area contributed by atoms with Gasteiger partial charge in [-0.25, -0.2) is 8.42 Å². The van der Waals surface area contributed by atoms with Gasteiger partial charge in [0.25, 0.3) is 0 Å². The number of carbonyl (C=O) groups is 2. The minimum atomic E-state index is -3.48. The average molecular weight is 468 g/mol. The molecule has 2 saturated heterocycles. The number of amides is 2. The van der Waals surface area contributed by atoms with Crippen molar-refractivity contribution in [1.82, 2.24) is 4.31 Å².